The molecule has 1 aromatic heterocycles. The molecule has 7 heteroatoms. The molecule has 0 spiro atoms. The van der Waals surface area contributed by atoms with Crippen molar-refractivity contribution in [2.45, 2.75) is 38.8 Å². The van der Waals surface area contributed by atoms with Crippen LogP contribution in [0.5, 0.6) is 5.75 Å². The van der Waals surface area contributed by atoms with Gasteiger partial charge in [0, 0.05) is 19.0 Å². The van der Waals surface area contributed by atoms with E-state index in [9.17, 15) is 9.18 Å². The third-order valence-corrected chi connectivity index (χ3v) is 4.21. The molecule has 6 nitrogen and oxygen atoms in total. The van der Waals surface area contributed by atoms with Crippen LogP contribution in [0.3, 0.4) is 0 Å². The molecule has 0 unspecified atom stereocenters. The molecule has 0 radical (unpaired) electrons. The van der Waals surface area contributed by atoms with Crippen LogP contribution in [-0.2, 0) is 24.3 Å². The summed E-state index contributed by atoms with van der Waals surface area (Å²) in [5, 5.41) is 11.2. The van der Waals surface area contributed by atoms with Crippen molar-refractivity contribution in [3.63, 3.8) is 0 Å². The molecule has 2 aromatic rings. The van der Waals surface area contributed by atoms with E-state index in [-0.39, 0.29) is 11.7 Å². The summed E-state index contributed by atoms with van der Waals surface area (Å²) in [4.78, 5) is 12.0. The monoisotopic (exact) mass is 344 g/mol. The number of benzene rings is 1. The molecule has 3 rings (SSSR count). The van der Waals surface area contributed by atoms with Crippen LogP contribution in [0.4, 0.5) is 4.39 Å². The lowest BCUT2D eigenvalue weighted by atomic mass is 10.2. The van der Waals surface area contributed by atoms with E-state index >= 15 is 0 Å². The highest BCUT2D eigenvalue weighted by Crippen LogP contribution is 2.18. The average molecular weight is 344 g/mol. The summed E-state index contributed by atoms with van der Waals surface area (Å²) >= 11 is 0. The fourth-order valence-corrected chi connectivity index (χ4v) is 2.86. The predicted molar refractivity (Wildman–Crippen MR) is 91.4 cm³/mol. The van der Waals surface area contributed by atoms with E-state index in [1.165, 1.54) is 31.7 Å². The van der Waals surface area contributed by atoms with Crippen LogP contribution >= 0.6 is 0 Å². The number of carbonyl (C=O) groups is 1. The zero-order valence-electron chi connectivity index (χ0n) is 14.2. The van der Waals surface area contributed by atoms with Gasteiger partial charge in [0.1, 0.15) is 5.82 Å². The van der Waals surface area contributed by atoms with Gasteiger partial charge in [-0.25, -0.2) is 4.39 Å². The predicted octanol–water partition coefficient (Wildman–Crippen LogP) is 2.48. The number of methoxy groups -OCH3 is 1. The minimum absolute atomic E-state index is 0.175. The lowest BCUT2D eigenvalue weighted by Gasteiger charge is -2.07. The number of hydrogen-bond donors (Lipinski definition) is 1. The molecule has 0 saturated carbocycles. The number of halogens is 1. The minimum atomic E-state index is -0.462. The fourth-order valence-electron chi connectivity index (χ4n) is 2.86. The number of amides is 1. The van der Waals surface area contributed by atoms with Gasteiger partial charge in [-0.15, -0.1) is 10.2 Å². The highest BCUT2D eigenvalue weighted by Gasteiger charge is 2.14. The number of ether oxygens (including phenoxy) is 1. The van der Waals surface area contributed by atoms with Crippen molar-refractivity contribution >= 4 is 12.0 Å². The quantitative estimate of drug-likeness (QED) is 0.846. The van der Waals surface area contributed by atoms with Crippen molar-refractivity contribution in [2.75, 3.05) is 7.11 Å². The van der Waals surface area contributed by atoms with E-state index in [4.69, 9.17) is 4.74 Å². The zero-order valence-corrected chi connectivity index (χ0v) is 14.2. The molecule has 2 heterocycles. The maximum atomic E-state index is 13.6. The third kappa shape index (κ3) is 4.23. The van der Waals surface area contributed by atoms with Gasteiger partial charge in [0.25, 0.3) is 0 Å². The number of nitrogens with zero attached hydrogens (tertiary/aromatic N) is 3. The molecule has 0 fully saturated rings. The highest BCUT2D eigenvalue weighted by atomic mass is 19.1. The first kappa shape index (κ1) is 17.1. The second-order valence-corrected chi connectivity index (χ2v) is 5.94. The van der Waals surface area contributed by atoms with E-state index in [0.717, 1.165) is 37.5 Å². The Morgan fingerprint density at radius 3 is 3.04 bits per heavy atom. The SMILES string of the molecule is COc1ccc(/C=C/C(=O)NCc2nnc3n2CCCCC3)cc1F. The fraction of sp³-hybridized carbons (Fsp3) is 0.389. The number of aromatic nitrogens is 3. The van der Waals surface area contributed by atoms with E-state index < -0.39 is 5.82 Å². The second-order valence-electron chi connectivity index (χ2n) is 5.94. The summed E-state index contributed by atoms with van der Waals surface area (Å²) in [6.45, 7) is 1.22. The average Bonchev–Trinajstić information content (AvgIpc) is 2.84. The Hall–Kier alpha value is -2.70. The van der Waals surface area contributed by atoms with Crippen LogP contribution < -0.4 is 10.1 Å². The summed E-state index contributed by atoms with van der Waals surface area (Å²) in [7, 11) is 1.41. The Morgan fingerprint density at radius 1 is 1.36 bits per heavy atom. The Balaban J connectivity index is 1.58. The van der Waals surface area contributed by atoms with E-state index in [1.54, 1.807) is 12.1 Å². The van der Waals surface area contributed by atoms with Crippen molar-refractivity contribution < 1.29 is 13.9 Å². The molecule has 0 bridgehead atoms. The lowest BCUT2D eigenvalue weighted by Crippen LogP contribution is -2.23. The minimum Gasteiger partial charge on any atom is -0.494 e. The molecular formula is C18H21FN4O2. The highest BCUT2D eigenvalue weighted by molar-refractivity contribution is 5.91. The van der Waals surface area contributed by atoms with Crippen molar-refractivity contribution in [1.82, 2.24) is 20.1 Å². The van der Waals surface area contributed by atoms with Crippen LogP contribution in [0.2, 0.25) is 0 Å². The molecule has 0 atom stereocenters. The van der Waals surface area contributed by atoms with Gasteiger partial charge in [-0.3, -0.25) is 4.79 Å². The molecule has 1 aliphatic rings. The van der Waals surface area contributed by atoms with Crippen LogP contribution in [0.1, 0.15) is 36.5 Å². The van der Waals surface area contributed by atoms with Crippen molar-refractivity contribution in [2.24, 2.45) is 0 Å². The van der Waals surface area contributed by atoms with Gasteiger partial charge in [-0.2, -0.15) is 0 Å². The molecule has 1 aliphatic heterocycles. The first-order valence-corrected chi connectivity index (χ1v) is 8.38. The molecule has 132 valence electrons. The number of hydrogen-bond acceptors (Lipinski definition) is 4. The van der Waals surface area contributed by atoms with Gasteiger partial charge in [0.2, 0.25) is 5.91 Å². The van der Waals surface area contributed by atoms with Crippen molar-refractivity contribution in [3.05, 3.63) is 47.3 Å². The normalized spacial score (nSPS) is 14.2. The second kappa shape index (κ2) is 7.92. The Morgan fingerprint density at radius 2 is 2.24 bits per heavy atom. The first-order valence-electron chi connectivity index (χ1n) is 8.38. The molecule has 0 saturated heterocycles. The number of aryl methyl sites for hydroxylation is 1. The number of fused-ring (bicyclic) bond motifs is 1. The number of nitrogens with one attached hydrogen (secondary N) is 1. The summed E-state index contributed by atoms with van der Waals surface area (Å²) in [6, 6.07) is 4.53. The maximum Gasteiger partial charge on any atom is 0.244 e. The van der Waals surface area contributed by atoms with Gasteiger partial charge < -0.3 is 14.6 Å². The summed E-state index contributed by atoms with van der Waals surface area (Å²) in [6.07, 6.45) is 7.30. The molecular weight excluding hydrogens is 323 g/mol. The van der Waals surface area contributed by atoms with Gasteiger partial charge in [-0.05, 0) is 36.6 Å². The van der Waals surface area contributed by atoms with Crippen LogP contribution in [-0.4, -0.2) is 27.8 Å². The lowest BCUT2D eigenvalue weighted by molar-refractivity contribution is -0.116. The van der Waals surface area contributed by atoms with Gasteiger partial charge in [0.15, 0.2) is 17.4 Å². The first-order chi connectivity index (χ1) is 12.2. The zero-order chi connectivity index (χ0) is 17.6. The van der Waals surface area contributed by atoms with Crippen LogP contribution in [0.25, 0.3) is 6.08 Å². The van der Waals surface area contributed by atoms with Gasteiger partial charge in [0.05, 0.1) is 13.7 Å². The third-order valence-electron chi connectivity index (χ3n) is 4.21. The molecule has 1 amide bonds. The van der Waals surface area contributed by atoms with Crippen LogP contribution in [0.15, 0.2) is 24.3 Å². The number of rotatable bonds is 5. The molecule has 1 aromatic carbocycles. The van der Waals surface area contributed by atoms with Gasteiger partial charge >= 0.3 is 0 Å². The van der Waals surface area contributed by atoms with E-state index in [2.05, 4.69) is 20.1 Å². The van der Waals surface area contributed by atoms with E-state index in [1.807, 2.05) is 0 Å². The van der Waals surface area contributed by atoms with Crippen LogP contribution in [0, 0.1) is 5.82 Å². The Bertz CT molecular complexity index is 785. The van der Waals surface area contributed by atoms with Gasteiger partial charge in [-0.1, -0.05) is 12.5 Å². The standard InChI is InChI=1S/C18H21FN4O2/c1-25-15-8-6-13(11-14(15)19)7-9-18(24)20-12-17-22-21-16-5-3-2-4-10-23(16)17/h6-9,11H,2-5,10,12H2,1H3,(H,20,24)/b9-7+. The van der Waals surface area contributed by atoms with Crippen molar-refractivity contribution in [1.29, 1.82) is 0 Å². The maximum absolute atomic E-state index is 13.6. The molecule has 0 aliphatic carbocycles. The molecule has 1 N–H and O–H groups in total. The summed E-state index contributed by atoms with van der Waals surface area (Å²) < 4.78 is 20.6. The Kier molecular flexibility index (Phi) is 5.42. The Labute approximate surface area is 145 Å². The van der Waals surface area contributed by atoms with Crippen molar-refractivity contribution in [3.8, 4) is 5.75 Å². The van der Waals surface area contributed by atoms with E-state index in [0.29, 0.717) is 12.1 Å². The number of carbonyl (C=O) groups excluding carboxylic acids is 1. The largest absolute Gasteiger partial charge is 0.494 e. The molecule has 25 heavy (non-hydrogen) atoms. The topological polar surface area (TPSA) is 69.0 Å². The summed E-state index contributed by atoms with van der Waals surface area (Å²) in [5.41, 5.74) is 0.588. The summed E-state index contributed by atoms with van der Waals surface area (Å²) in [5.74, 6) is 1.22. The smallest absolute Gasteiger partial charge is 0.244 e.